The number of para-hydroxylation sites is 1. The van der Waals surface area contributed by atoms with Gasteiger partial charge in [0.2, 0.25) is 0 Å². The lowest BCUT2D eigenvalue weighted by atomic mass is 10.2. The standard InChI is InChI=1S/C16H11N3O2/c20-18-13-8-16(21-15-6-2-1-5-12(13)15)14-10-19-7-3-4-11(19)9-17-14/h1-10,20H/b18-13-. The summed E-state index contributed by atoms with van der Waals surface area (Å²) < 4.78 is 7.83. The van der Waals surface area contributed by atoms with Crippen molar-refractivity contribution in [2.75, 3.05) is 0 Å². The Morgan fingerprint density at radius 1 is 1.14 bits per heavy atom. The highest BCUT2D eigenvalue weighted by atomic mass is 16.4. The Morgan fingerprint density at radius 3 is 2.95 bits per heavy atom. The number of hydrogen-bond acceptors (Lipinski definition) is 4. The average Bonchev–Trinajstić information content (AvgIpc) is 3.01. The van der Waals surface area contributed by atoms with Gasteiger partial charge in [0, 0.05) is 23.8 Å². The van der Waals surface area contributed by atoms with Crippen LogP contribution in [0.1, 0.15) is 0 Å². The van der Waals surface area contributed by atoms with E-state index in [9.17, 15) is 5.21 Å². The van der Waals surface area contributed by atoms with Gasteiger partial charge < -0.3 is 14.0 Å². The smallest absolute Gasteiger partial charge is 0.156 e. The lowest BCUT2D eigenvalue weighted by molar-refractivity contribution is 0.302. The first-order chi connectivity index (χ1) is 10.3. The van der Waals surface area contributed by atoms with Crippen LogP contribution < -0.4 is 5.36 Å². The molecule has 0 atom stereocenters. The van der Waals surface area contributed by atoms with Crippen molar-refractivity contribution in [1.29, 1.82) is 0 Å². The largest absolute Gasteiger partial charge is 0.454 e. The van der Waals surface area contributed by atoms with E-state index in [4.69, 9.17) is 4.42 Å². The Balaban J connectivity index is 2.01. The molecule has 0 saturated heterocycles. The fourth-order valence-corrected chi connectivity index (χ4v) is 2.39. The lowest BCUT2D eigenvalue weighted by Gasteiger charge is -2.04. The lowest BCUT2D eigenvalue weighted by Crippen LogP contribution is -2.03. The number of aromatic nitrogens is 2. The van der Waals surface area contributed by atoms with Crippen LogP contribution in [0.5, 0.6) is 0 Å². The molecule has 0 saturated carbocycles. The van der Waals surface area contributed by atoms with Crippen molar-refractivity contribution in [1.82, 2.24) is 9.38 Å². The Kier molecular flexibility index (Phi) is 2.50. The molecule has 1 aromatic carbocycles. The quantitative estimate of drug-likeness (QED) is 0.429. The maximum Gasteiger partial charge on any atom is 0.156 e. The van der Waals surface area contributed by atoms with Gasteiger partial charge in [0.15, 0.2) is 5.76 Å². The van der Waals surface area contributed by atoms with Crippen LogP contribution in [0, 0.1) is 0 Å². The topological polar surface area (TPSA) is 63.0 Å². The van der Waals surface area contributed by atoms with Gasteiger partial charge in [-0.1, -0.05) is 17.3 Å². The van der Waals surface area contributed by atoms with E-state index in [1.54, 1.807) is 12.3 Å². The minimum atomic E-state index is 0.459. The highest BCUT2D eigenvalue weighted by Crippen LogP contribution is 2.20. The van der Waals surface area contributed by atoms with Gasteiger partial charge in [0.1, 0.15) is 16.6 Å². The summed E-state index contributed by atoms with van der Waals surface area (Å²) in [4.78, 5) is 4.39. The van der Waals surface area contributed by atoms with E-state index in [1.807, 2.05) is 53.2 Å². The Morgan fingerprint density at radius 2 is 2.05 bits per heavy atom. The molecule has 3 heterocycles. The molecule has 0 aliphatic heterocycles. The van der Waals surface area contributed by atoms with Crippen molar-refractivity contribution in [3.8, 4) is 11.5 Å². The molecule has 102 valence electrons. The number of benzene rings is 1. The first-order valence-electron chi connectivity index (χ1n) is 6.49. The molecule has 21 heavy (non-hydrogen) atoms. The van der Waals surface area contributed by atoms with E-state index in [0.29, 0.717) is 22.4 Å². The molecule has 0 bridgehead atoms. The van der Waals surface area contributed by atoms with Crippen LogP contribution in [0.15, 0.2) is 70.6 Å². The predicted octanol–water partition coefficient (Wildman–Crippen LogP) is 3.04. The maximum atomic E-state index is 9.20. The maximum absolute atomic E-state index is 9.20. The number of nitrogens with zero attached hydrogens (tertiary/aromatic N) is 3. The second-order valence-corrected chi connectivity index (χ2v) is 4.70. The van der Waals surface area contributed by atoms with Gasteiger partial charge in [-0.25, -0.2) is 4.98 Å². The van der Waals surface area contributed by atoms with Gasteiger partial charge in [0.25, 0.3) is 0 Å². The summed E-state index contributed by atoms with van der Waals surface area (Å²) in [6.45, 7) is 0. The molecule has 0 radical (unpaired) electrons. The third-order valence-electron chi connectivity index (χ3n) is 3.42. The Bertz CT molecular complexity index is 1010. The van der Waals surface area contributed by atoms with Crippen molar-refractivity contribution in [2.24, 2.45) is 5.16 Å². The number of fused-ring (bicyclic) bond motifs is 2. The van der Waals surface area contributed by atoms with E-state index in [-0.39, 0.29) is 0 Å². The predicted molar refractivity (Wildman–Crippen MR) is 77.7 cm³/mol. The van der Waals surface area contributed by atoms with Crippen molar-refractivity contribution >= 4 is 16.5 Å². The minimum Gasteiger partial charge on any atom is -0.454 e. The van der Waals surface area contributed by atoms with E-state index in [0.717, 1.165) is 10.9 Å². The van der Waals surface area contributed by atoms with Gasteiger partial charge in [-0.3, -0.25) is 0 Å². The molecule has 4 rings (SSSR count). The molecule has 1 N–H and O–H groups in total. The van der Waals surface area contributed by atoms with E-state index in [1.165, 1.54) is 0 Å². The van der Waals surface area contributed by atoms with Gasteiger partial charge in [-0.15, -0.1) is 0 Å². The Labute approximate surface area is 119 Å². The van der Waals surface area contributed by atoms with E-state index in [2.05, 4.69) is 10.1 Å². The molecular weight excluding hydrogens is 266 g/mol. The fourth-order valence-electron chi connectivity index (χ4n) is 2.39. The molecule has 3 aromatic heterocycles. The monoisotopic (exact) mass is 277 g/mol. The SMILES string of the molecule is O/N=c1/cc(-c2cn3cccc3cn2)oc2ccccc12. The molecule has 0 spiro atoms. The van der Waals surface area contributed by atoms with Crippen molar-refractivity contribution < 1.29 is 9.62 Å². The summed E-state index contributed by atoms with van der Waals surface area (Å²) in [5.74, 6) is 0.553. The minimum absolute atomic E-state index is 0.459. The summed E-state index contributed by atoms with van der Waals surface area (Å²) in [5, 5.41) is 13.8. The second-order valence-electron chi connectivity index (χ2n) is 4.70. The summed E-state index contributed by atoms with van der Waals surface area (Å²) in [5.41, 5.74) is 2.33. The molecule has 0 amide bonds. The summed E-state index contributed by atoms with van der Waals surface area (Å²) >= 11 is 0. The Hall–Kier alpha value is -3.08. The average molecular weight is 277 g/mol. The third kappa shape index (κ3) is 1.87. The van der Waals surface area contributed by atoms with Crippen LogP contribution in [-0.4, -0.2) is 14.6 Å². The van der Waals surface area contributed by atoms with Crippen LogP contribution in [0.25, 0.3) is 27.9 Å². The molecule has 0 fully saturated rings. The van der Waals surface area contributed by atoms with Gasteiger partial charge in [-0.2, -0.15) is 0 Å². The highest BCUT2D eigenvalue weighted by Gasteiger charge is 2.07. The molecule has 0 aliphatic carbocycles. The third-order valence-corrected chi connectivity index (χ3v) is 3.42. The molecule has 4 aromatic rings. The zero-order valence-corrected chi connectivity index (χ0v) is 11.0. The zero-order valence-electron chi connectivity index (χ0n) is 11.0. The molecular formula is C16H11N3O2. The molecule has 5 heteroatoms. The van der Waals surface area contributed by atoms with Crippen LogP contribution >= 0.6 is 0 Å². The first kappa shape index (κ1) is 11.7. The first-order valence-corrected chi connectivity index (χ1v) is 6.49. The van der Waals surface area contributed by atoms with E-state index < -0.39 is 0 Å². The van der Waals surface area contributed by atoms with Crippen LogP contribution in [0.3, 0.4) is 0 Å². The van der Waals surface area contributed by atoms with E-state index >= 15 is 0 Å². The number of rotatable bonds is 1. The normalized spacial score (nSPS) is 12.3. The van der Waals surface area contributed by atoms with Crippen molar-refractivity contribution in [2.45, 2.75) is 0 Å². The summed E-state index contributed by atoms with van der Waals surface area (Å²) in [7, 11) is 0. The summed E-state index contributed by atoms with van der Waals surface area (Å²) in [6, 6.07) is 13.0. The van der Waals surface area contributed by atoms with Crippen molar-refractivity contribution in [3.63, 3.8) is 0 Å². The van der Waals surface area contributed by atoms with Crippen LogP contribution in [0.4, 0.5) is 0 Å². The van der Waals surface area contributed by atoms with Crippen molar-refractivity contribution in [3.05, 3.63) is 66.4 Å². The fraction of sp³-hybridized carbons (Fsp3) is 0. The second kappa shape index (κ2) is 4.49. The molecule has 5 nitrogen and oxygen atoms in total. The van der Waals surface area contributed by atoms with Gasteiger partial charge in [0.05, 0.1) is 11.7 Å². The highest BCUT2D eigenvalue weighted by molar-refractivity contribution is 5.77. The number of hydrogen-bond donors (Lipinski definition) is 1. The summed E-state index contributed by atoms with van der Waals surface area (Å²) in [6.07, 6.45) is 5.60. The van der Waals surface area contributed by atoms with Crippen LogP contribution in [-0.2, 0) is 0 Å². The molecule has 0 aliphatic rings. The molecule has 0 unspecified atom stereocenters. The zero-order chi connectivity index (χ0) is 14.2. The van der Waals surface area contributed by atoms with Gasteiger partial charge in [-0.05, 0) is 24.3 Å². The van der Waals surface area contributed by atoms with Gasteiger partial charge >= 0.3 is 0 Å². The van der Waals surface area contributed by atoms with Crippen LogP contribution in [0.2, 0.25) is 0 Å².